The van der Waals surface area contributed by atoms with Gasteiger partial charge in [0.05, 0.1) is 4.75 Å². The van der Waals surface area contributed by atoms with Crippen molar-refractivity contribution in [2.75, 3.05) is 18.8 Å². The first-order chi connectivity index (χ1) is 8.60. The molecule has 2 saturated heterocycles. The number of carbonyl (C=O) groups is 1. The van der Waals surface area contributed by atoms with Gasteiger partial charge in [-0.15, -0.1) is 11.8 Å². The van der Waals surface area contributed by atoms with Crippen LogP contribution in [0.4, 0.5) is 0 Å². The van der Waals surface area contributed by atoms with Gasteiger partial charge in [-0.05, 0) is 44.3 Å². The van der Waals surface area contributed by atoms with Crippen LogP contribution in [-0.2, 0) is 4.79 Å². The summed E-state index contributed by atoms with van der Waals surface area (Å²) in [6.45, 7) is 5.88. The van der Waals surface area contributed by atoms with Crippen LogP contribution in [0.15, 0.2) is 0 Å². The van der Waals surface area contributed by atoms with Crippen molar-refractivity contribution in [3.63, 3.8) is 0 Å². The molecule has 3 unspecified atom stereocenters. The first kappa shape index (κ1) is 14.2. The van der Waals surface area contributed by atoms with Crippen LogP contribution < -0.4 is 5.73 Å². The molecule has 18 heavy (non-hydrogen) atoms. The first-order valence-electron chi connectivity index (χ1n) is 7.26. The molecule has 104 valence electrons. The van der Waals surface area contributed by atoms with Crippen LogP contribution in [0.3, 0.4) is 0 Å². The summed E-state index contributed by atoms with van der Waals surface area (Å²) in [5, 5.41) is 0. The summed E-state index contributed by atoms with van der Waals surface area (Å²) in [5.41, 5.74) is 5.89. The summed E-state index contributed by atoms with van der Waals surface area (Å²) in [4.78, 5) is 14.8. The Hall–Kier alpha value is -0.220. The van der Waals surface area contributed by atoms with Crippen LogP contribution in [0.1, 0.15) is 46.0 Å². The Morgan fingerprint density at radius 3 is 2.89 bits per heavy atom. The molecule has 2 heterocycles. The molecule has 1 amide bonds. The van der Waals surface area contributed by atoms with Crippen molar-refractivity contribution in [2.24, 2.45) is 11.7 Å². The van der Waals surface area contributed by atoms with Crippen LogP contribution in [-0.4, -0.2) is 40.4 Å². The van der Waals surface area contributed by atoms with Crippen LogP contribution in [0, 0.1) is 5.92 Å². The summed E-state index contributed by atoms with van der Waals surface area (Å²) in [7, 11) is 0. The largest absolute Gasteiger partial charge is 0.337 e. The number of nitrogens with two attached hydrogens (primary N) is 1. The fourth-order valence-electron chi connectivity index (χ4n) is 3.25. The molecule has 0 aromatic carbocycles. The fraction of sp³-hybridized carbons (Fsp3) is 0.929. The quantitative estimate of drug-likeness (QED) is 0.855. The summed E-state index contributed by atoms with van der Waals surface area (Å²) in [6.07, 6.45) is 5.66. The normalized spacial score (nSPS) is 36.9. The van der Waals surface area contributed by atoms with Crippen molar-refractivity contribution in [1.82, 2.24) is 4.90 Å². The van der Waals surface area contributed by atoms with Gasteiger partial charge in [0.1, 0.15) is 0 Å². The van der Waals surface area contributed by atoms with Gasteiger partial charge in [-0.3, -0.25) is 4.79 Å². The highest BCUT2D eigenvalue weighted by atomic mass is 32.2. The molecule has 2 rings (SSSR count). The second kappa shape index (κ2) is 5.83. The zero-order valence-electron chi connectivity index (χ0n) is 11.7. The second-order valence-electron chi connectivity index (χ2n) is 5.87. The summed E-state index contributed by atoms with van der Waals surface area (Å²) in [5.74, 6) is 2.22. The monoisotopic (exact) mass is 270 g/mol. The van der Waals surface area contributed by atoms with Gasteiger partial charge in [0.2, 0.25) is 5.91 Å². The summed E-state index contributed by atoms with van der Waals surface area (Å²) in [6, 6.07) is 0.272. The highest BCUT2D eigenvalue weighted by molar-refractivity contribution is 8.01. The van der Waals surface area contributed by atoms with Gasteiger partial charge in [0, 0.05) is 19.1 Å². The Morgan fingerprint density at radius 1 is 1.56 bits per heavy atom. The molecular weight excluding hydrogens is 244 g/mol. The predicted octanol–water partition coefficient (Wildman–Crippen LogP) is 2.25. The lowest BCUT2D eigenvalue weighted by molar-refractivity contribution is -0.137. The SMILES string of the molecule is CCC1CCN(C(=O)C2(C)CCCS2)C(CN)C1. The van der Waals surface area contributed by atoms with E-state index in [-0.39, 0.29) is 10.8 Å². The number of carbonyl (C=O) groups excluding carboxylic acids is 1. The van der Waals surface area contributed by atoms with Crippen molar-refractivity contribution in [3.8, 4) is 0 Å². The lowest BCUT2D eigenvalue weighted by Crippen LogP contribution is -2.54. The molecule has 2 fully saturated rings. The molecule has 0 aromatic heterocycles. The molecule has 0 aliphatic carbocycles. The highest BCUT2D eigenvalue weighted by Gasteiger charge is 2.43. The Labute approximate surface area is 115 Å². The smallest absolute Gasteiger partial charge is 0.238 e. The molecule has 0 aromatic rings. The van der Waals surface area contributed by atoms with Crippen molar-refractivity contribution in [1.29, 1.82) is 0 Å². The van der Waals surface area contributed by atoms with Gasteiger partial charge in [0.15, 0.2) is 0 Å². The number of hydrogen-bond acceptors (Lipinski definition) is 3. The van der Waals surface area contributed by atoms with Crippen LogP contribution in [0.25, 0.3) is 0 Å². The summed E-state index contributed by atoms with van der Waals surface area (Å²) >= 11 is 1.83. The Kier molecular flexibility index (Phi) is 4.59. The Bertz CT molecular complexity index is 302. The minimum atomic E-state index is -0.174. The minimum Gasteiger partial charge on any atom is -0.337 e. The topological polar surface area (TPSA) is 46.3 Å². The van der Waals surface area contributed by atoms with Crippen molar-refractivity contribution < 1.29 is 4.79 Å². The standard InChI is InChI=1S/C14H26N2OS/c1-3-11-5-7-16(12(9-11)10-15)13(17)14(2)6-4-8-18-14/h11-12H,3-10,15H2,1-2H3. The number of hydrogen-bond donors (Lipinski definition) is 1. The minimum absolute atomic E-state index is 0.174. The molecule has 0 radical (unpaired) electrons. The zero-order valence-corrected chi connectivity index (χ0v) is 12.5. The van der Waals surface area contributed by atoms with Crippen LogP contribution in [0.5, 0.6) is 0 Å². The van der Waals surface area contributed by atoms with E-state index < -0.39 is 0 Å². The zero-order chi connectivity index (χ0) is 13.2. The fourth-order valence-corrected chi connectivity index (χ4v) is 4.52. The molecule has 0 spiro atoms. The van der Waals surface area contributed by atoms with E-state index in [1.807, 2.05) is 11.8 Å². The maximum atomic E-state index is 12.7. The third-order valence-electron chi connectivity index (χ3n) is 4.61. The maximum Gasteiger partial charge on any atom is 0.238 e. The molecule has 2 aliphatic heterocycles. The number of likely N-dealkylation sites (tertiary alicyclic amines) is 1. The summed E-state index contributed by atoms with van der Waals surface area (Å²) < 4.78 is -0.174. The Balaban J connectivity index is 2.05. The number of thioether (sulfide) groups is 1. The third kappa shape index (κ3) is 2.69. The second-order valence-corrected chi connectivity index (χ2v) is 7.47. The van der Waals surface area contributed by atoms with E-state index in [9.17, 15) is 4.79 Å². The van der Waals surface area contributed by atoms with Gasteiger partial charge in [-0.25, -0.2) is 0 Å². The average Bonchev–Trinajstić information content (AvgIpc) is 2.85. The first-order valence-corrected chi connectivity index (χ1v) is 8.24. The van der Waals surface area contributed by atoms with Crippen molar-refractivity contribution >= 4 is 17.7 Å². The molecular formula is C14H26N2OS. The molecule has 4 heteroatoms. The highest BCUT2D eigenvalue weighted by Crippen LogP contribution is 2.40. The van der Waals surface area contributed by atoms with Gasteiger partial charge >= 0.3 is 0 Å². The number of nitrogens with zero attached hydrogens (tertiary/aromatic N) is 1. The van der Waals surface area contributed by atoms with Gasteiger partial charge in [-0.2, -0.15) is 0 Å². The van der Waals surface area contributed by atoms with E-state index in [0.29, 0.717) is 12.5 Å². The van der Waals surface area contributed by atoms with Gasteiger partial charge < -0.3 is 10.6 Å². The molecule has 2 N–H and O–H groups in total. The molecule has 2 aliphatic rings. The number of piperidine rings is 1. The number of amides is 1. The number of rotatable bonds is 3. The van der Waals surface area contributed by atoms with Crippen molar-refractivity contribution in [2.45, 2.75) is 56.7 Å². The van der Waals surface area contributed by atoms with Crippen molar-refractivity contribution in [3.05, 3.63) is 0 Å². The van der Waals surface area contributed by atoms with E-state index in [0.717, 1.165) is 37.5 Å². The lowest BCUT2D eigenvalue weighted by atomic mass is 9.87. The van der Waals surface area contributed by atoms with Crippen LogP contribution in [0.2, 0.25) is 0 Å². The average molecular weight is 270 g/mol. The van der Waals surface area contributed by atoms with E-state index in [1.165, 1.54) is 12.8 Å². The van der Waals surface area contributed by atoms with E-state index in [4.69, 9.17) is 5.73 Å². The third-order valence-corrected chi connectivity index (χ3v) is 6.11. The van der Waals surface area contributed by atoms with Crippen LogP contribution >= 0.6 is 11.8 Å². The molecule has 3 nitrogen and oxygen atoms in total. The van der Waals surface area contributed by atoms with E-state index in [1.54, 1.807) is 0 Å². The van der Waals surface area contributed by atoms with E-state index >= 15 is 0 Å². The lowest BCUT2D eigenvalue weighted by Gasteiger charge is -2.42. The predicted molar refractivity (Wildman–Crippen MR) is 77.7 cm³/mol. The maximum absolute atomic E-state index is 12.7. The van der Waals surface area contributed by atoms with E-state index in [2.05, 4.69) is 18.7 Å². The molecule has 0 bridgehead atoms. The van der Waals surface area contributed by atoms with Gasteiger partial charge in [0.25, 0.3) is 0 Å². The Morgan fingerprint density at radius 2 is 2.33 bits per heavy atom. The van der Waals surface area contributed by atoms with Gasteiger partial charge in [-0.1, -0.05) is 13.3 Å². The molecule has 0 saturated carbocycles. The molecule has 3 atom stereocenters.